The van der Waals surface area contributed by atoms with Crippen molar-refractivity contribution >= 4 is 17.5 Å². The number of amides is 1. The van der Waals surface area contributed by atoms with Gasteiger partial charge < -0.3 is 15.0 Å². The number of hydrogen-bond donors (Lipinski definition) is 1. The number of halogens is 1. The van der Waals surface area contributed by atoms with Crippen LogP contribution in [0.2, 0.25) is 5.02 Å². The second kappa shape index (κ2) is 6.18. The predicted octanol–water partition coefficient (Wildman–Crippen LogP) is 1.29. The first-order valence-electron chi connectivity index (χ1n) is 5.97. The van der Waals surface area contributed by atoms with Gasteiger partial charge in [0.25, 0.3) is 0 Å². The van der Waals surface area contributed by atoms with E-state index in [4.69, 9.17) is 16.3 Å². The molecule has 0 aromatic heterocycles. The van der Waals surface area contributed by atoms with Gasteiger partial charge in [-0.1, -0.05) is 23.7 Å². The molecule has 98 valence electrons. The Hall–Kier alpha value is -1.10. The molecule has 0 saturated carbocycles. The standard InChI is InChI=1S/C13H17ClN2O2/c1-16(8-10-2-4-11(14)5-3-10)13(17)12-9-18-7-6-15-12/h2-5,12,15H,6-9H2,1H3. The highest BCUT2D eigenvalue weighted by molar-refractivity contribution is 6.30. The molecular formula is C13H17ClN2O2. The van der Waals surface area contributed by atoms with E-state index in [1.165, 1.54) is 0 Å². The van der Waals surface area contributed by atoms with Gasteiger partial charge in [0.15, 0.2) is 0 Å². The molecule has 1 atom stereocenters. The van der Waals surface area contributed by atoms with Crippen LogP contribution in [0.3, 0.4) is 0 Å². The van der Waals surface area contributed by atoms with Crippen molar-refractivity contribution in [2.24, 2.45) is 0 Å². The number of benzene rings is 1. The number of nitrogens with one attached hydrogen (secondary N) is 1. The summed E-state index contributed by atoms with van der Waals surface area (Å²) in [5, 5.41) is 3.86. The van der Waals surface area contributed by atoms with Gasteiger partial charge in [0.05, 0.1) is 13.2 Å². The molecule has 1 unspecified atom stereocenters. The van der Waals surface area contributed by atoms with Crippen LogP contribution >= 0.6 is 11.6 Å². The smallest absolute Gasteiger partial charge is 0.242 e. The molecule has 0 radical (unpaired) electrons. The highest BCUT2D eigenvalue weighted by Crippen LogP contribution is 2.11. The first-order chi connectivity index (χ1) is 8.66. The van der Waals surface area contributed by atoms with Crippen molar-refractivity contribution in [2.45, 2.75) is 12.6 Å². The minimum absolute atomic E-state index is 0.0599. The van der Waals surface area contributed by atoms with Crippen molar-refractivity contribution in [3.05, 3.63) is 34.9 Å². The topological polar surface area (TPSA) is 41.6 Å². The molecular weight excluding hydrogens is 252 g/mol. The van der Waals surface area contributed by atoms with Crippen molar-refractivity contribution < 1.29 is 9.53 Å². The van der Waals surface area contributed by atoms with Gasteiger partial charge in [-0.2, -0.15) is 0 Å². The van der Waals surface area contributed by atoms with Crippen LogP contribution in [0.5, 0.6) is 0 Å². The fourth-order valence-electron chi connectivity index (χ4n) is 1.93. The van der Waals surface area contributed by atoms with Gasteiger partial charge in [0.2, 0.25) is 5.91 Å². The quantitative estimate of drug-likeness (QED) is 0.898. The normalized spacial score (nSPS) is 19.6. The number of likely N-dealkylation sites (N-methyl/N-ethyl adjacent to an activating group) is 1. The van der Waals surface area contributed by atoms with Gasteiger partial charge in [-0.05, 0) is 17.7 Å². The third-order valence-electron chi connectivity index (χ3n) is 2.93. The SMILES string of the molecule is CN(Cc1ccc(Cl)cc1)C(=O)C1COCCN1. The number of rotatable bonds is 3. The highest BCUT2D eigenvalue weighted by Gasteiger charge is 2.24. The second-order valence-electron chi connectivity index (χ2n) is 4.40. The molecule has 0 bridgehead atoms. The van der Waals surface area contributed by atoms with Crippen molar-refractivity contribution in [1.82, 2.24) is 10.2 Å². The van der Waals surface area contributed by atoms with Crippen LogP contribution in [0.1, 0.15) is 5.56 Å². The van der Waals surface area contributed by atoms with Gasteiger partial charge in [0.1, 0.15) is 6.04 Å². The van der Waals surface area contributed by atoms with E-state index in [9.17, 15) is 4.79 Å². The molecule has 1 aliphatic rings. The third-order valence-corrected chi connectivity index (χ3v) is 3.18. The molecule has 18 heavy (non-hydrogen) atoms. The Bertz CT molecular complexity index is 402. The average Bonchev–Trinajstić information content (AvgIpc) is 2.41. The molecule has 1 aliphatic heterocycles. The van der Waals surface area contributed by atoms with Gasteiger partial charge in [-0.3, -0.25) is 4.79 Å². The molecule has 1 N–H and O–H groups in total. The van der Waals surface area contributed by atoms with E-state index in [1.807, 2.05) is 24.3 Å². The van der Waals surface area contributed by atoms with Crippen molar-refractivity contribution in [3.8, 4) is 0 Å². The predicted molar refractivity (Wildman–Crippen MR) is 70.5 cm³/mol. The van der Waals surface area contributed by atoms with Crippen LogP contribution in [-0.4, -0.2) is 43.7 Å². The molecule has 0 spiro atoms. The molecule has 1 aromatic rings. The van der Waals surface area contributed by atoms with Crippen LogP contribution < -0.4 is 5.32 Å². The van der Waals surface area contributed by atoms with Crippen LogP contribution in [0.4, 0.5) is 0 Å². The Morgan fingerprint density at radius 2 is 2.22 bits per heavy atom. The summed E-state index contributed by atoms with van der Waals surface area (Å²) in [7, 11) is 1.80. The van der Waals surface area contributed by atoms with Gasteiger partial charge in [0, 0.05) is 25.2 Å². The summed E-state index contributed by atoms with van der Waals surface area (Å²) in [5.41, 5.74) is 1.06. The van der Waals surface area contributed by atoms with E-state index in [1.54, 1.807) is 11.9 Å². The van der Waals surface area contributed by atoms with E-state index < -0.39 is 0 Å². The van der Waals surface area contributed by atoms with Crippen LogP contribution in [0.25, 0.3) is 0 Å². The number of carbonyl (C=O) groups is 1. The van der Waals surface area contributed by atoms with Crippen LogP contribution in [0.15, 0.2) is 24.3 Å². The summed E-state index contributed by atoms with van der Waals surface area (Å²) in [4.78, 5) is 13.8. The van der Waals surface area contributed by atoms with Gasteiger partial charge >= 0.3 is 0 Å². The summed E-state index contributed by atoms with van der Waals surface area (Å²) in [6.45, 7) is 2.42. The highest BCUT2D eigenvalue weighted by atomic mass is 35.5. The minimum Gasteiger partial charge on any atom is -0.378 e. The van der Waals surface area contributed by atoms with Gasteiger partial charge in [-0.25, -0.2) is 0 Å². The van der Waals surface area contributed by atoms with Crippen molar-refractivity contribution in [3.63, 3.8) is 0 Å². The average molecular weight is 269 g/mol. The maximum absolute atomic E-state index is 12.1. The first-order valence-corrected chi connectivity index (χ1v) is 6.35. The summed E-state index contributed by atoms with van der Waals surface area (Å²) in [6.07, 6.45) is 0. The number of hydrogen-bond acceptors (Lipinski definition) is 3. The zero-order valence-corrected chi connectivity index (χ0v) is 11.1. The monoisotopic (exact) mass is 268 g/mol. The molecule has 1 aromatic carbocycles. The molecule has 5 heteroatoms. The van der Waals surface area contributed by atoms with Gasteiger partial charge in [-0.15, -0.1) is 0 Å². The fraction of sp³-hybridized carbons (Fsp3) is 0.462. The number of morpholine rings is 1. The zero-order chi connectivity index (χ0) is 13.0. The summed E-state index contributed by atoms with van der Waals surface area (Å²) in [5.74, 6) is 0.0599. The van der Waals surface area contributed by atoms with E-state index in [2.05, 4.69) is 5.32 Å². The molecule has 1 fully saturated rings. The maximum Gasteiger partial charge on any atom is 0.242 e. The molecule has 1 amide bonds. The lowest BCUT2D eigenvalue weighted by molar-refractivity contribution is -0.135. The Balaban J connectivity index is 1.92. The molecule has 0 aliphatic carbocycles. The summed E-state index contributed by atoms with van der Waals surface area (Å²) < 4.78 is 5.29. The summed E-state index contributed by atoms with van der Waals surface area (Å²) >= 11 is 5.83. The van der Waals surface area contributed by atoms with Crippen LogP contribution in [-0.2, 0) is 16.1 Å². The lowest BCUT2D eigenvalue weighted by Gasteiger charge is -2.27. The number of ether oxygens (including phenoxy) is 1. The molecule has 4 nitrogen and oxygen atoms in total. The second-order valence-corrected chi connectivity index (χ2v) is 4.84. The third kappa shape index (κ3) is 3.45. The Labute approximate surface area is 112 Å². The van der Waals surface area contributed by atoms with Crippen LogP contribution in [0, 0.1) is 0 Å². The first kappa shape index (κ1) is 13.3. The lowest BCUT2D eigenvalue weighted by Crippen LogP contribution is -2.51. The number of nitrogens with zero attached hydrogens (tertiary/aromatic N) is 1. The van der Waals surface area contributed by atoms with E-state index in [0.29, 0.717) is 24.8 Å². The zero-order valence-electron chi connectivity index (χ0n) is 10.4. The Morgan fingerprint density at radius 1 is 1.50 bits per heavy atom. The molecule has 1 saturated heterocycles. The lowest BCUT2D eigenvalue weighted by atomic mass is 10.2. The van der Waals surface area contributed by atoms with E-state index in [-0.39, 0.29) is 11.9 Å². The van der Waals surface area contributed by atoms with Crippen molar-refractivity contribution in [1.29, 1.82) is 0 Å². The number of carbonyl (C=O) groups excluding carboxylic acids is 1. The maximum atomic E-state index is 12.1. The fourth-order valence-corrected chi connectivity index (χ4v) is 2.06. The minimum atomic E-state index is -0.226. The molecule has 1 heterocycles. The summed E-state index contributed by atoms with van der Waals surface area (Å²) in [6, 6.07) is 7.29. The Morgan fingerprint density at radius 3 is 2.83 bits per heavy atom. The largest absolute Gasteiger partial charge is 0.378 e. The molecule has 2 rings (SSSR count). The van der Waals surface area contributed by atoms with E-state index >= 15 is 0 Å². The van der Waals surface area contributed by atoms with Crippen molar-refractivity contribution in [2.75, 3.05) is 26.8 Å². The Kier molecular flexibility index (Phi) is 4.58. The van der Waals surface area contributed by atoms with E-state index in [0.717, 1.165) is 12.1 Å².